The van der Waals surface area contributed by atoms with Crippen LogP contribution in [0.4, 0.5) is 0 Å². The van der Waals surface area contributed by atoms with Crippen molar-refractivity contribution in [3.8, 4) is 0 Å². The van der Waals surface area contributed by atoms with Gasteiger partial charge in [0.2, 0.25) is 0 Å². The Morgan fingerprint density at radius 2 is 1.77 bits per heavy atom. The highest BCUT2D eigenvalue weighted by Crippen LogP contribution is 2.42. The zero-order valence-electron chi connectivity index (χ0n) is 12.8. The molecular weight excluding hydrogens is 282 g/mol. The number of ether oxygens (including phenoxy) is 2. The van der Waals surface area contributed by atoms with Crippen molar-refractivity contribution in [1.29, 1.82) is 0 Å². The Morgan fingerprint density at radius 1 is 1.09 bits per heavy atom. The van der Waals surface area contributed by atoms with Crippen molar-refractivity contribution in [3.63, 3.8) is 0 Å². The van der Waals surface area contributed by atoms with E-state index in [4.69, 9.17) is 9.47 Å². The van der Waals surface area contributed by atoms with E-state index >= 15 is 0 Å². The fourth-order valence-electron chi connectivity index (χ4n) is 3.20. The molecule has 22 heavy (non-hydrogen) atoms. The lowest BCUT2D eigenvalue weighted by atomic mass is 9.92. The van der Waals surface area contributed by atoms with Gasteiger partial charge in [-0.1, -0.05) is 24.3 Å². The van der Waals surface area contributed by atoms with E-state index in [0.717, 1.165) is 28.7 Å². The van der Waals surface area contributed by atoms with Crippen LogP contribution in [0.1, 0.15) is 11.1 Å². The van der Waals surface area contributed by atoms with Crippen molar-refractivity contribution < 1.29 is 19.1 Å². The van der Waals surface area contributed by atoms with Gasteiger partial charge in [-0.25, -0.2) is 9.59 Å². The first kappa shape index (κ1) is 14.4. The van der Waals surface area contributed by atoms with Gasteiger partial charge in [0.1, 0.15) is 5.70 Å². The monoisotopic (exact) mass is 299 g/mol. The molecule has 5 nitrogen and oxygen atoms in total. The normalized spacial score (nSPS) is 16.4. The summed E-state index contributed by atoms with van der Waals surface area (Å²) in [5, 5.41) is 0. The van der Waals surface area contributed by atoms with Crippen LogP contribution in [0, 0.1) is 0 Å². The molecule has 0 saturated heterocycles. The second kappa shape index (κ2) is 5.33. The van der Waals surface area contributed by atoms with Gasteiger partial charge in [0, 0.05) is 19.2 Å². The number of likely N-dealkylation sites (N-methyl/N-ethyl adjacent to an activating group) is 1. The average Bonchev–Trinajstić information content (AvgIpc) is 2.89. The molecule has 1 heterocycles. The Morgan fingerprint density at radius 3 is 2.45 bits per heavy atom. The standard InChI is InChI=1S/C17H17NO4/c1-18-9-11-8-10-6-4-5-7-12(10)13(11)14(16(19)21-2)15(18)17(20)22-3/h4-7H,8-9H2,1-3H3. The van der Waals surface area contributed by atoms with Gasteiger partial charge in [0.05, 0.1) is 19.8 Å². The molecule has 1 aliphatic heterocycles. The molecule has 1 aromatic rings. The van der Waals surface area contributed by atoms with Gasteiger partial charge in [-0.05, 0) is 23.1 Å². The molecule has 0 atom stereocenters. The minimum atomic E-state index is -0.529. The summed E-state index contributed by atoms with van der Waals surface area (Å²) in [6, 6.07) is 7.92. The Hall–Kier alpha value is -2.56. The Kier molecular flexibility index (Phi) is 3.48. The molecule has 0 N–H and O–H groups in total. The number of methoxy groups -OCH3 is 2. The molecule has 5 heteroatoms. The van der Waals surface area contributed by atoms with Crippen LogP contribution in [-0.4, -0.2) is 44.7 Å². The fraction of sp³-hybridized carbons (Fsp3) is 0.294. The highest BCUT2D eigenvalue weighted by atomic mass is 16.5. The molecule has 0 unspecified atom stereocenters. The summed E-state index contributed by atoms with van der Waals surface area (Å²) in [5.74, 6) is -1.05. The molecule has 1 aliphatic carbocycles. The smallest absolute Gasteiger partial charge is 0.355 e. The van der Waals surface area contributed by atoms with E-state index in [-0.39, 0.29) is 5.70 Å². The number of carbonyl (C=O) groups excluding carboxylic acids is 2. The molecule has 0 saturated carbocycles. The number of hydrogen-bond donors (Lipinski definition) is 0. The largest absolute Gasteiger partial charge is 0.465 e. The van der Waals surface area contributed by atoms with Crippen LogP contribution >= 0.6 is 0 Å². The maximum Gasteiger partial charge on any atom is 0.355 e. The maximum absolute atomic E-state index is 12.3. The molecule has 0 fully saturated rings. The minimum absolute atomic E-state index is 0.254. The lowest BCUT2D eigenvalue weighted by Gasteiger charge is -2.29. The molecule has 2 aliphatic rings. The lowest BCUT2D eigenvalue weighted by molar-refractivity contribution is -0.140. The van der Waals surface area contributed by atoms with Crippen LogP contribution in [0.2, 0.25) is 0 Å². The summed E-state index contributed by atoms with van der Waals surface area (Å²) in [6.07, 6.45) is 0.783. The van der Waals surface area contributed by atoms with Crippen LogP contribution in [0.25, 0.3) is 5.57 Å². The highest BCUT2D eigenvalue weighted by Gasteiger charge is 2.38. The molecule has 0 amide bonds. The van der Waals surface area contributed by atoms with E-state index in [0.29, 0.717) is 12.1 Å². The van der Waals surface area contributed by atoms with E-state index in [2.05, 4.69) is 0 Å². The van der Waals surface area contributed by atoms with Gasteiger partial charge < -0.3 is 14.4 Å². The van der Waals surface area contributed by atoms with Crippen LogP contribution in [0.15, 0.2) is 41.1 Å². The van der Waals surface area contributed by atoms with E-state index in [1.165, 1.54) is 14.2 Å². The van der Waals surface area contributed by atoms with Crippen LogP contribution in [-0.2, 0) is 25.5 Å². The predicted octanol–water partition coefficient (Wildman–Crippen LogP) is 1.54. The van der Waals surface area contributed by atoms with Gasteiger partial charge in [-0.2, -0.15) is 0 Å². The number of hydrogen-bond acceptors (Lipinski definition) is 5. The minimum Gasteiger partial charge on any atom is -0.465 e. The second-order valence-corrected chi connectivity index (χ2v) is 5.38. The fourth-order valence-corrected chi connectivity index (χ4v) is 3.20. The topological polar surface area (TPSA) is 55.8 Å². The van der Waals surface area contributed by atoms with Gasteiger partial charge in [-0.3, -0.25) is 0 Å². The number of carbonyl (C=O) groups is 2. The summed E-state index contributed by atoms with van der Waals surface area (Å²) in [6.45, 7) is 0.592. The van der Waals surface area contributed by atoms with Crippen molar-refractivity contribution in [2.24, 2.45) is 0 Å². The molecule has 0 bridgehead atoms. The predicted molar refractivity (Wildman–Crippen MR) is 80.8 cm³/mol. The Bertz CT molecular complexity index is 730. The van der Waals surface area contributed by atoms with Gasteiger partial charge in [0.25, 0.3) is 0 Å². The van der Waals surface area contributed by atoms with Crippen molar-refractivity contribution in [2.75, 3.05) is 27.8 Å². The van der Waals surface area contributed by atoms with E-state index in [1.54, 1.807) is 11.9 Å². The Labute approximate surface area is 128 Å². The number of benzene rings is 1. The lowest BCUT2D eigenvalue weighted by Crippen LogP contribution is -2.33. The number of fused-ring (bicyclic) bond motifs is 2. The third kappa shape index (κ3) is 2.01. The SMILES string of the molecule is COC(=O)C1=C(C(=O)OC)N(C)CC2=C1c1ccccc1C2. The van der Waals surface area contributed by atoms with Gasteiger partial charge in [-0.15, -0.1) is 0 Å². The number of rotatable bonds is 2. The quantitative estimate of drug-likeness (QED) is 0.775. The molecule has 1 aromatic carbocycles. The van der Waals surface area contributed by atoms with Crippen molar-refractivity contribution >= 4 is 17.5 Å². The van der Waals surface area contributed by atoms with Crippen molar-refractivity contribution in [3.05, 3.63) is 52.2 Å². The first-order chi connectivity index (χ1) is 10.6. The maximum atomic E-state index is 12.3. The van der Waals surface area contributed by atoms with E-state index in [1.807, 2.05) is 24.3 Å². The van der Waals surface area contributed by atoms with Crippen LogP contribution in [0.3, 0.4) is 0 Å². The van der Waals surface area contributed by atoms with E-state index < -0.39 is 11.9 Å². The molecule has 0 spiro atoms. The number of esters is 2. The molecule has 0 radical (unpaired) electrons. The third-order valence-corrected chi connectivity index (χ3v) is 4.11. The second-order valence-electron chi connectivity index (χ2n) is 5.38. The molecule has 3 rings (SSSR count). The van der Waals surface area contributed by atoms with Gasteiger partial charge in [0.15, 0.2) is 0 Å². The van der Waals surface area contributed by atoms with Crippen molar-refractivity contribution in [1.82, 2.24) is 4.90 Å². The van der Waals surface area contributed by atoms with Crippen molar-refractivity contribution in [2.45, 2.75) is 6.42 Å². The zero-order chi connectivity index (χ0) is 15.9. The van der Waals surface area contributed by atoms with Crippen LogP contribution in [0.5, 0.6) is 0 Å². The van der Waals surface area contributed by atoms with Crippen LogP contribution < -0.4 is 0 Å². The molecule has 114 valence electrons. The summed E-state index contributed by atoms with van der Waals surface area (Å²) < 4.78 is 9.77. The summed E-state index contributed by atoms with van der Waals surface area (Å²) >= 11 is 0. The zero-order valence-corrected chi connectivity index (χ0v) is 12.8. The Balaban J connectivity index is 2.25. The number of nitrogens with zero attached hydrogens (tertiary/aromatic N) is 1. The summed E-state index contributed by atoms with van der Waals surface area (Å²) in [7, 11) is 4.41. The summed E-state index contributed by atoms with van der Waals surface area (Å²) in [5.41, 5.74) is 4.64. The first-order valence-electron chi connectivity index (χ1n) is 7.01. The third-order valence-electron chi connectivity index (χ3n) is 4.11. The molecule has 0 aromatic heterocycles. The first-order valence-corrected chi connectivity index (χ1v) is 7.01. The molecular formula is C17H17NO4. The van der Waals surface area contributed by atoms with E-state index in [9.17, 15) is 9.59 Å². The average molecular weight is 299 g/mol. The summed E-state index contributed by atoms with van der Waals surface area (Å²) in [4.78, 5) is 26.3. The van der Waals surface area contributed by atoms with Gasteiger partial charge >= 0.3 is 11.9 Å². The highest BCUT2D eigenvalue weighted by molar-refractivity contribution is 6.14.